The molecule has 0 bridgehead atoms. The number of aromatic amines is 1. The Labute approximate surface area is 112 Å². The van der Waals surface area contributed by atoms with Crippen LogP contribution in [0.5, 0.6) is 0 Å². The van der Waals surface area contributed by atoms with Gasteiger partial charge in [0, 0.05) is 17.8 Å². The molecule has 2 heterocycles. The van der Waals surface area contributed by atoms with Crippen molar-refractivity contribution in [1.29, 1.82) is 0 Å². The van der Waals surface area contributed by atoms with Gasteiger partial charge in [0.2, 0.25) is 0 Å². The normalized spacial score (nSPS) is 17.9. The van der Waals surface area contributed by atoms with E-state index < -0.39 is 0 Å². The minimum absolute atomic E-state index is 0.00222. The molecule has 0 spiro atoms. The summed E-state index contributed by atoms with van der Waals surface area (Å²) in [7, 11) is 0. The smallest absolute Gasteiger partial charge is 0.275 e. The van der Waals surface area contributed by atoms with Gasteiger partial charge in [0.1, 0.15) is 0 Å². The zero-order chi connectivity index (χ0) is 13.4. The van der Waals surface area contributed by atoms with E-state index in [-0.39, 0.29) is 11.9 Å². The van der Waals surface area contributed by atoms with Crippen LogP contribution in [0, 0.1) is 6.92 Å². The second kappa shape index (κ2) is 4.53. The number of nitrogens with one attached hydrogen (secondary N) is 1. The molecule has 1 aliphatic rings. The summed E-state index contributed by atoms with van der Waals surface area (Å²) in [4.78, 5) is 14.4. The quantitative estimate of drug-likeness (QED) is 0.916. The highest BCUT2D eigenvalue weighted by molar-refractivity contribution is 5.98. The number of rotatable bonds is 3. The van der Waals surface area contributed by atoms with Gasteiger partial charge in [-0.3, -0.25) is 9.89 Å². The molecule has 1 atom stereocenters. The Morgan fingerprint density at radius 2 is 2.05 bits per heavy atom. The van der Waals surface area contributed by atoms with Crippen LogP contribution in [0.2, 0.25) is 0 Å². The van der Waals surface area contributed by atoms with Gasteiger partial charge in [-0.1, -0.05) is 37.3 Å². The predicted octanol–water partition coefficient (Wildman–Crippen LogP) is 2.67. The lowest BCUT2D eigenvalue weighted by atomic mass is 9.99. The number of aromatic nitrogens is 2. The number of benzene rings is 1. The number of H-pyrrole nitrogens is 1. The largest absolute Gasteiger partial charge is 0.326 e. The van der Waals surface area contributed by atoms with Crippen molar-refractivity contribution in [3.63, 3.8) is 0 Å². The number of aryl methyl sites for hydroxylation is 1. The summed E-state index contributed by atoms with van der Waals surface area (Å²) in [5, 5.41) is 7.10. The average Bonchev–Trinajstić information content (AvgIpc) is 2.93. The van der Waals surface area contributed by atoms with Gasteiger partial charge in [-0.2, -0.15) is 5.10 Å². The Morgan fingerprint density at radius 3 is 2.74 bits per heavy atom. The third-order valence-electron chi connectivity index (χ3n) is 3.62. The van der Waals surface area contributed by atoms with Crippen LogP contribution in [-0.2, 0) is 0 Å². The van der Waals surface area contributed by atoms with Crippen molar-refractivity contribution in [1.82, 2.24) is 15.1 Å². The Balaban J connectivity index is 2.13. The molecule has 1 unspecified atom stereocenters. The molecule has 0 saturated heterocycles. The molecule has 3 rings (SSSR count). The van der Waals surface area contributed by atoms with Gasteiger partial charge in [-0.25, -0.2) is 0 Å². The summed E-state index contributed by atoms with van der Waals surface area (Å²) in [6.45, 7) is 4.82. The van der Waals surface area contributed by atoms with E-state index in [0.717, 1.165) is 29.8 Å². The first-order valence-corrected chi connectivity index (χ1v) is 6.64. The van der Waals surface area contributed by atoms with Crippen LogP contribution in [0.15, 0.2) is 30.3 Å². The SMILES string of the molecule is CCCN1C(=O)c2n[nH]c(C)c2C1c1ccccc1. The summed E-state index contributed by atoms with van der Waals surface area (Å²) < 4.78 is 0. The van der Waals surface area contributed by atoms with Crippen LogP contribution >= 0.6 is 0 Å². The van der Waals surface area contributed by atoms with Gasteiger partial charge in [-0.15, -0.1) is 0 Å². The monoisotopic (exact) mass is 255 g/mol. The van der Waals surface area contributed by atoms with E-state index in [1.165, 1.54) is 0 Å². The summed E-state index contributed by atoms with van der Waals surface area (Å²) in [5.41, 5.74) is 3.74. The van der Waals surface area contributed by atoms with E-state index in [1.54, 1.807) is 0 Å². The second-order valence-corrected chi connectivity index (χ2v) is 4.92. The van der Waals surface area contributed by atoms with Gasteiger partial charge in [0.05, 0.1) is 6.04 Å². The molecule has 1 aromatic carbocycles. The molecular formula is C15H17N3O. The van der Waals surface area contributed by atoms with Crippen molar-refractivity contribution in [2.24, 2.45) is 0 Å². The van der Waals surface area contributed by atoms with Crippen molar-refractivity contribution >= 4 is 5.91 Å². The van der Waals surface area contributed by atoms with E-state index >= 15 is 0 Å². The first-order chi connectivity index (χ1) is 9.24. The van der Waals surface area contributed by atoms with Crippen molar-refractivity contribution in [2.75, 3.05) is 6.54 Å². The van der Waals surface area contributed by atoms with E-state index in [4.69, 9.17) is 0 Å². The Kier molecular flexibility index (Phi) is 2.85. The molecule has 0 radical (unpaired) electrons. The van der Waals surface area contributed by atoms with Crippen LogP contribution in [0.4, 0.5) is 0 Å². The lowest BCUT2D eigenvalue weighted by molar-refractivity contribution is 0.0743. The first kappa shape index (κ1) is 12.0. The number of hydrogen-bond donors (Lipinski definition) is 1. The molecule has 2 aromatic rings. The maximum Gasteiger partial charge on any atom is 0.275 e. The highest BCUT2D eigenvalue weighted by Crippen LogP contribution is 2.39. The minimum Gasteiger partial charge on any atom is -0.326 e. The molecule has 98 valence electrons. The van der Waals surface area contributed by atoms with Gasteiger partial charge >= 0.3 is 0 Å². The van der Waals surface area contributed by atoms with E-state index in [0.29, 0.717) is 5.69 Å². The van der Waals surface area contributed by atoms with Gasteiger partial charge in [-0.05, 0) is 18.9 Å². The molecule has 0 aliphatic carbocycles. The number of carbonyl (C=O) groups is 1. The number of fused-ring (bicyclic) bond motifs is 1. The first-order valence-electron chi connectivity index (χ1n) is 6.64. The van der Waals surface area contributed by atoms with Gasteiger partial charge < -0.3 is 4.90 Å². The van der Waals surface area contributed by atoms with Gasteiger partial charge in [0.25, 0.3) is 5.91 Å². The standard InChI is InChI=1S/C15H17N3O/c1-3-9-18-14(11-7-5-4-6-8-11)12-10(2)16-17-13(12)15(18)19/h4-8,14H,3,9H2,1-2H3,(H,16,17). The van der Waals surface area contributed by atoms with Crippen LogP contribution < -0.4 is 0 Å². The van der Waals surface area contributed by atoms with Crippen LogP contribution in [0.1, 0.15) is 46.7 Å². The topological polar surface area (TPSA) is 49.0 Å². The lowest BCUT2D eigenvalue weighted by Crippen LogP contribution is -2.30. The fourth-order valence-electron chi connectivity index (χ4n) is 2.80. The van der Waals surface area contributed by atoms with Crippen LogP contribution in [0.3, 0.4) is 0 Å². The Hall–Kier alpha value is -2.10. The third kappa shape index (κ3) is 1.75. The molecular weight excluding hydrogens is 238 g/mol. The van der Waals surface area contributed by atoms with Crippen molar-refractivity contribution in [3.8, 4) is 0 Å². The molecule has 1 aromatic heterocycles. The predicted molar refractivity (Wildman–Crippen MR) is 72.9 cm³/mol. The summed E-state index contributed by atoms with van der Waals surface area (Å²) >= 11 is 0. The summed E-state index contributed by atoms with van der Waals surface area (Å²) in [6.07, 6.45) is 0.947. The van der Waals surface area contributed by atoms with Crippen molar-refractivity contribution < 1.29 is 4.79 Å². The number of nitrogens with zero attached hydrogens (tertiary/aromatic N) is 2. The van der Waals surface area contributed by atoms with Gasteiger partial charge in [0.15, 0.2) is 5.69 Å². The second-order valence-electron chi connectivity index (χ2n) is 4.92. The molecule has 1 aliphatic heterocycles. The van der Waals surface area contributed by atoms with E-state index in [9.17, 15) is 4.79 Å². The number of amides is 1. The zero-order valence-corrected chi connectivity index (χ0v) is 11.2. The highest BCUT2D eigenvalue weighted by Gasteiger charge is 2.40. The summed E-state index contributed by atoms with van der Waals surface area (Å²) in [6, 6.07) is 10.2. The van der Waals surface area contributed by atoms with Crippen LogP contribution in [-0.4, -0.2) is 27.5 Å². The molecule has 4 nitrogen and oxygen atoms in total. The molecule has 4 heteroatoms. The number of carbonyl (C=O) groups excluding carboxylic acids is 1. The van der Waals surface area contributed by atoms with E-state index in [2.05, 4.69) is 29.3 Å². The fraction of sp³-hybridized carbons (Fsp3) is 0.333. The molecule has 0 saturated carbocycles. The maximum absolute atomic E-state index is 12.4. The van der Waals surface area contributed by atoms with Crippen molar-refractivity contribution in [3.05, 3.63) is 52.8 Å². The van der Waals surface area contributed by atoms with Crippen molar-refractivity contribution in [2.45, 2.75) is 26.3 Å². The lowest BCUT2D eigenvalue weighted by Gasteiger charge is -2.25. The van der Waals surface area contributed by atoms with E-state index in [1.807, 2.05) is 30.0 Å². The molecule has 1 N–H and O–H groups in total. The van der Waals surface area contributed by atoms with Crippen LogP contribution in [0.25, 0.3) is 0 Å². The summed E-state index contributed by atoms with van der Waals surface area (Å²) in [5.74, 6) is 0.0371. The zero-order valence-electron chi connectivity index (χ0n) is 11.2. The third-order valence-corrected chi connectivity index (χ3v) is 3.62. The molecule has 1 amide bonds. The average molecular weight is 255 g/mol. The fourth-order valence-corrected chi connectivity index (χ4v) is 2.80. The minimum atomic E-state index is 0.00222. The Morgan fingerprint density at radius 1 is 1.32 bits per heavy atom. The maximum atomic E-state index is 12.4. The molecule has 0 fully saturated rings. The number of hydrogen-bond acceptors (Lipinski definition) is 2. The Bertz CT molecular complexity index is 603. The highest BCUT2D eigenvalue weighted by atomic mass is 16.2. The molecule has 19 heavy (non-hydrogen) atoms.